The molecule has 3 aromatic rings. The summed E-state index contributed by atoms with van der Waals surface area (Å²) in [6, 6.07) is 10.3. The van der Waals surface area contributed by atoms with E-state index in [2.05, 4.69) is 22.3 Å². The second-order valence-corrected chi connectivity index (χ2v) is 6.79. The topological polar surface area (TPSA) is 64.7 Å². The molecule has 0 unspecified atom stereocenters. The summed E-state index contributed by atoms with van der Waals surface area (Å²) in [5.74, 6) is 0. The van der Waals surface area contributed by atoms with E-state index >= 15 is 0 Å². The minimum absolute atomic E-state index is 0.614. The molecular formula is C14H14N4S2. The predicted octanol–water partition coefficient (Wildman–Crippen LogP) is 3.05. The largest absolute Gasteiger partial charge is 0.330 e. The average molecular weight is 302 g/mol. The number of aryl methyl sites for hydroxylation is 1. The number of benzene rings is 1. The lowest BCUT2D eigenvalue weighted by molar-refractivity contribution is 0.919. The highest BCUT2D eigenvalue weighted by molar-refractivity contribution is 8.01. The van der Waals surface area contributed by atoms with E-state index in [0.29, 0.717) is 6.54 Å². The first-order valence-corrected chi connectivity index (χ1v) is 7.96. The molecule has 2 aromatic heterocycles. The molecule has 0 aliphatic carbocycles. The zero-order chi connectivity index (χ0) is 13.9. The van der Waals surface area contributed by atoms with Gasteiger partial charge in [-0.05, 0) is 49.3 Å². The zero-order valence-corrected chi connectivity index (χ0v) is 12.7. The van der Waals surface area contributed by atoms with Crippen molar-refractivity contribution in [2.45, 2.75) is 22.7 Å². The van der Waals surface area contributed by atoms with Crippen LogP contribution in [0.5, 0.6) is 0 Å². The van der Waals surface area contributed by atoms with Gasteiger partial charge in [-0.3, -0.25) is 0 Å². The van der Waals surface area contributed by atoms with Crippen LogP contribution < -0.4 is 5.73 Å². The highest BCUT2D eigenvalue weighted by atomic mass is 32.2. The monoisotopic (exact) mass is 302 g/mol. The molecule has 6 heteroatoms. The first-order chi connectivity index (χ1) is 9.76. The maximum atomic E-state index is 5.71. The average Bonchev–Trinajstić information content (AvgIpc) is 2.85. The number of hydrogen-bond acceptors (Lipinski definition) is 6. The quantitative estimate of drug-likeness (QED) is 0.802. The van der Waals surface area contributed by atoms with E-state index in [-0.39, 0.29) is 0 Å². The van der Waals surface area contributed by atoms with Gasteiger partial charge in [-0.15, -0.1) is 10.2 Å². The molecule has 0 spiro atoms. The molecule has 2 heterocycles. The normalized spacial score (nSPS) is 11.1. The van der Waals surface area contributed by atoms with Crippen molar-refractivity contribution < 1.29 is 0 Å². The highest BCUT2D eigenvalue weighted by Crippen LogP contribution is 2.32. The van der Waals surface area contributed by atoms with E-state index in [1.54, 1.807) is 23.1 Å². The van der Waals surface area contributed by atoms with Crippen molar-refractivity contribution in [1.29, 1.82) is 0 Å². The van der Waals surface area contributed by atoms with E-state index in [9.17, 15) is 0 Å². The smallest absolute Gasteiger partial charge is 0.180 e. The van der Waals surface area contributed by atoms with Crippen molar-refractivity contribution in [2.24, 2.45) is 5.73 Å². The van der Waals surface area contributed by atoms with Crippen LogP contribution in [-0.4, -0.2) is 21.7 Å². The molecular weight excluding hydrogens is 288 g/mol. The van der Waals surface area contributed by atoms with Crippen molar-refractivity contribution in [1.82, 2.24) is 15.2 Å². The number of nitrogens with two attached hydrogens (primary N) is 1. The molecule has 0 amide bonds. The Morgan fingerprint density at radius 2 is 2.10 bits per heavy atom. The number of hydrogen-bond donors (Lipinski definition) is 1. The predicted molar refractivity (Wildman–Crippen MR) is 83.3 cm³/mol. The van der Waals surface area contributed by atoms with Crippen LogP contribution in [0.2, 0.25) is 0 Å². The van der Waals surface area contributed by atoms with Crippen LogP contribution in [0.3, 0.4) is 0 Å². The zero-order valence-electron chi connectivity index (χ0n) is 11.0. The van der Waals surface area contributed by atoms with Gasteiger partial charge in [-0.2, -0.15) is 0 Å². The lowest BCUT2D eigenvalue weighted by Crippen LogP contribution is -2.04. The molecule has 1 aromatic carbocycles. The second-order valence-electron chi connectivity index (χ2n) is 4.37. The summed E-state index contributed by atoms with van der Waals surface area (Å²) in [5.41, 5.74) is 7.88. The van der Waals surface area contributed by atoms with Crippen molar-refractivity contribution >= 4 is 34.0 Å². The van der Waals surface area contributed by atoms with E-state index in [1.165, 1.54) is 5.56 Å². The Kier molecular flexibility index (Phi) is 3.95. The van der Waals surface area contributed by atoms with Gasteiger partial charge in [0.1, 0.15) is 10.0 Å². The van der Waals surface area contributed by atoms with Crippen LogP contribution in [0.1, 0.15) is 10.6 Å². The van der Waals surface area contributed by atoms with Crippen LogP contribution in [0.25, 0.3) is 10.9 Å². The fourth-order valence-corrected chi connectivity index (χ4v) is 3.83. The summed E-state index contributed by atoms with van der Waals surface area (Å²) >= 11 is 3.15. The second kappa shape index (κ2) is 5.87. The lowest BCUT2D eigenvalue weighted by Gasteiger charge is -2.08. The molecule has 0 radical (unpaired) electrons. The Morgan fingerprint density at radius 3 is 2.85 bits per heavy atom. The molecule has 0 saturated carbocycles. The third-order valence-corrected chi connectivity index (χ3v) is 4.80. The van der Waals surface area contributed by atoms with E-state index in [0.717, 1.165) is 31.7 Å². The molecule has 0 aliphatic rings. The van der Waals surface area contributed by atoms with Crippen molar-refractivity contribution in [3.05, 3.63) is 40.9 Å². The SMILES string of the molecule is Cc1nnc(Sc2nc3ccccc3cc2CCN)s1. The van der Waals surface area contributed by atoms with Gasteiger partial charge in [0.25, 0.3) is 0 Å². The molecule has 4 nitrogen and oxygen atoms in total. The maximum Gasteiger partial charge on any atom is 0.180 e. The van der Waals surface area contributed by atoms with Crippen LogP contribution in [0.15, 0.2) is 39.7 Å². The van der Waals surface area contributed by atoms with E-state index < -0.39 is 0 Å². The first-order valence-electron chi connectivity index (χ1n) is 6.33. The number of nitrogens with zero attached hydrogens (tertiary/aromatic N) is 3. The molecule has 2 N–H and O–H groups in total. The summed E-state index contributed by atoms with van der Waals surface area (Å²) in [7, 11) is 0. The van der Waals surface area contributed by atoms with Crippen molar-refractivity contribution in [3.63, 3.8) is 0 Å². The molecule has 20 heavy (non-hydrogen) atoms. The number of rotatable bonds is 4. The van der Waals surface area contributed by atoms with E-state index in [4.69, 9.17) is 10.7 Å². The Balaban J connectivity index is 2.04. The van der Waals surface area contributed by atoms with Crippen molar-refractivity contribution in [2.75, 3.05) is 6.54 Å². The summed E-state index contributed by atoms with van der Waals surface area (Å²) in [6.07, 6.45) is 0.817. The summed E-state index contributed by atoms with van der Waals surface area (Å²) in [5, 5.41) is 11.3. The first kappa shape index (κ1) is 13.5. The van der Waals surface area contributed by atoms with Gasteiger partial charge in [0.15, 0.2) is 4.34 Å². The van der Waals surface area contributed by atoms with Gasteiger partial charge < -0.3 is 5.73 Å². The summed E-state index contributed by atoms with van der Waals surface area (Å²) in [6.45, 7) is 2.57. The maximum absolute atomic E-state index is 5.71. The summed E-state index contributed by atoms with van der Waals surface area (Å²) < 4.78 is 0.920. The fraction of sp³-hybridized carbons (Fsp3) is 0.214. The highest BCUT2D eigenvalue weighted by Gasteiger charge is 2.11. The fourth-order valence-electron chi connectivity index (χ4n) is 1.97. The van der Waals surface area contributed by atoms with Crippen LogP contribution >= 0.6 is 23.1 Å². The third kappa shape index (κ3) is 2.82. The number of para-hydroxylation sites is 1. The van der Waals surface area contributed by atoms with Gasteiger partial charge in [-0.1, -0.05) is 29.5 Å². The van der Waals surface area contributed by atoms with Crippen LogP contribution in [-0.2, 0) is 6.42 Å². The molecule has 3 rings (SSSR count). The lowest BCUT2D eigenvalue weighted by atomic mass is 10.1. The van der Waals surface area contributed by atoms with Crippen LogP contribution in [0.4, 0.5) is 0 Å². The standard InChI is InChI=1S/C14H14N4S2/c1-9-17-18-14(19-9)20-13-11(6-7-15)8-10-4-2-3-5-12(10)16-13/h2-5,8H,6-7,15H2,1H3. The Morgan fingerprint density at radius 1 is 1.25 bits per heavy atom. The Bertz CT molecular complexity index is 739. The molecule has 0 fully saturated rings. The van der Waals surface area contributed by atoms with Gasteiger partial charge in [0.05, 0.1) is 5.52 Å². The van der Waals surface area contributed by atoms with Crippen molar-refractivity contribution in [3.8, 4) is 0 Å². The minimum atomic E-state index is 0.614. The van der Waals surface area contributed by atoms with Gasteiger partial charge >= 0.3 is 0 Å². The number of aromatic nitrogens is 3. The van der Waals surface area contributed by atoms with Gasteiger partial charge in [0, 0.05) is 5.39 Å². The van der Waals surface area contributed by atoms with E-state index in [1.807, 2.05) is 25.1 Å². The molecule has 0 aliphatic heterocycles. The molecule has 102 valence electrons. The Labute approximate surface area is 125 Å². The minimum Gasteiger partial charge on any atom is -0.330 e. The van der Waals surface area contributed by atoms with Crippen LogP contribution in [0, 0.1) is 6.92 Å². The molecule has 0 atom stereocenters. The van der Waals surface area contributed by atoms with Gasteiger partial charge in [0.2, 0.25) is 0 Å². The molecule has 0 bridgehead atoms. The third-order valence-electron chi connectivity index (χ3n) is 2.87. The summed E-state index contributed by atoms with van der Waals surface area (Å²) in [4.78, 5) is 4.74. The Hall–Kier alpha value is -1.50. The number of fused-ring (bicyclic) bond motifs is 1. The molecule has 0 saturated heterocycles. The number of pyridine rings is 1. The van der Waals surface area contributed by atoms with Gasteiger partial charge in [-0.25, -0.2) is 4.98 Å².